The Morgan fingerprint density at radius 2 is 1.78 bits per heavy atom. The third-order valence-corrected chi connectivity index (χ3v) is 2.99. The summed E-state index contributed by atoms with van der Waals surface area (Å²) in [7, 11) is 1.63. The van der Waals surface area contributed by atoms with Gasteiger partial charge in [0.25, 0.3) is 0 Å². The van der Waals surface area contributed by atoms with Crippen LogP contribution in [0.4, 0.5) is 0 Å². The van der Waals surface area contributed by atoms with Crippen molar-refractivity contribution in [3.8, 4) is 5.75 Å². The summed E-state index contributed by atoms with van der Waals surface area (Å²) in [4.78, 5) is 12.4. The van der Waals surface area contributed by atoms with Crippen molar-refractivity contribution in [2.75, 3.05) is 7.11 Å². The van der Waals surface area contributed by atoms with Gasteiger partial charge in [-0.25, -0.2) is 0 Å². The lowest BCUT2D eigenvalue weighted by atomic mass is 9.96. The lowest BCUT2D eigenvalue weighted by Gasteiger charge is -2.11. The summed E-state index contributed by atoms with van der Waals surface area (Å²) >= 11 is 0. The molecule has 2 rings (SSSR count). The first-order valence-electron chi connectivity index (χ1n) is 6.03. The molecule has 0 fully saturated rings. The van der Waals surface area contributed by atoms with E-state index >= 15 is 0 Å². The number of hydrogen-bond acceptors (Lipinski definition) is 2. The van der Waals surface area contributed by atoms with Crippen molar-refractivity contribution in [1.29, 1.82) is 0 Å². The number of ether oxygens (including phenoxy) is 1. The molecule has 0 N–H and O–H groups in total. The van der Waals surface area contributed by atoms with Crippen LogP contribution in [0, 0.1) is 0 Å². The average Bonchev–Trinajstić information content (AvgIpc) is 2.46. The molecule has 0 unspecified atom stereocenters. The van der Waals surface area contributed by atoms with E-state index in [1.807, 2.05) is 55.5 Å². The zero-order chi connectivity index (χ0) is 13.0. The van der Waals surface area contributed by atoms with Crippen LogP contribution in [0.5, 0.6) is 5.75 Å². The summed E-state index contributed by atoms with van der Waals surface area (Å²) in [5, 5.41) is 0. The van der Waals surface area contributed by atoms with Crippen molar-refractivity contribution >= 4 is 5.78 Å². The summed E-state index contributed by atoms with van der Waals surface area (Å²) < 4.78 is 5.31. The van der Waals surface area contributed by atoms with Crippen LogP contribution >= 0.6 is 0 Å². The summed E-state index contributed by atoms with van der Waals surface area (Å²) in [6.45, 7) is 2.03. The van der Waals surface area contributed by atoms with Crippen LogP contribution in [0.15, 0.2) is 48.5 Å². The van der Waals surface area contributed by atoms with Gasteiger partial charge >= 0.3 is 0 Å². The number of carbonyl (C=O) groups is 1. The highest BCUT2D eigenvalue weighted by Gasteiger charge is 2.15. The molecule has 0 saturated carbocycles. The minimum Gasteiger partial charge on any atom is -0.496 e. The zero-order valence-corrected chi connectivity index (χ0v) is 10.6. The number of hydrogen-bond donors (Lipinski definition) is 0. The Labute approximate surface area is 107 Å². The normalized spacial score (nSPS) is 10.1. The predicted octanol–water partition coefficient (Wildman–Crippen LogP) is 3.49. The molecule has 0 radical (unpaired) electrons. The highest BCUT2D eigenvalue weighted by molar-refractivity contribution is 6.10. The Balaban J connectivity index is 2.48. The predicted molar refractivity (Wildman–Crippen MR) is 72.2 cm³/mol. The second-order valence-electron chi connectivity index (χ2n) is 4.04. The molecule has 18 heavy (non-hydrogen) atoms. The molecule has 0 bridgehead atoms. The molecular weight excluding hydrogens is 224 g/mol. The van der Waals surface area contributed by atoms with Crippen molar-refractivity contribution in [2.24, 2.45) is 0 Å². The van der Waals surface area contributed by atoms with Crippen LogP contribution in [-0.4, -0.2) is 12.9 Å². The lowest BCUT2D eigenvalue weighted by molar-refractivity contribution is 0.103. The molecule has 0 amide bonds. The van der Waals surface area contributed by atoms with E-state index in [1.165, 1.54) is 0 Å². The average molecular weight is 240 g/mol. The molecule has 0 aromatic heterocycles. The molecule has 0 aliphatic rings. The fourth-order valence-electron chi connectivity index (χ4n) is 2.08. The van der Waals surface area contributed by atoms with Gasteiger partial charge in [-0.2, -0.15) is 0 Å². The van der Waals surface area contributed by atoms with Crippen LogP contribution in [0.2, 0.25) is 0 Å². The van der Waals surface area contributed by atoms with Crippen LogP contribution in [0.1, 0.15) is 28.4 Å². The van der Waals surface area contributed by atoms with Gasteiger partial charge in [-0.05, 0) is 12.5 Å². The first-order valence-corrected chi connectivity index (χ1v) is 6.03. The van der Waals surface area contributed by atoms with Crippen LogP contribution in [0.25, 0.3) is 0 Å². The number of methoxy groups -OCH3 is 1. The molecule has 2 nitrogen and oxygen atoms in total. The Hall–Kier alpha value is -2.09. The minimum atomic E-state index is 0.0475. The molecule has 0 aliphatic heterocycles. The standard InChI is InChI=1S/C16H16O2/c1-3-13-14(10-7-11-15(13)18-2)16(17)12-8-5-4-6-9-12/h4-11H,3H2,1-2H3. The van der Waals surface area contributed by atoms with Crippen molar-refractivity contribution in [1.82, 2.24) is 0 Å². The third kappa shape index (κ3) is 2.28. The van der Waals surface area contributed by atoms with E-state index in [0.717, 1.165) is 23.3 Å². The van der Waals surface area contributed by atoms with E-state index in [2.05, 4.69) is 0 Å². The van der Waals surface area contributed by atoms with E-state index in [0.29, 0.717) is 5.56 Å². The van der Waals surface area contributed by atoms with Crippen molar-refractivity contribution < 1.29 is 9.53 Å². The first-order chi connectivity index (χ1) is 8.77. The van der Waals surface area contributed by atoms with Gasteiger partial charge in [-0.3, -0.25) is 4.79 Å². The summed E-state index contributed by atoms with van der Waals surface area (Å²) in [5.41, 5.74) is 2.40. The fourth-order valence-corrected chi connectivity index (χ4v) is 2.08. The molecular formula is C16H16O2. The minimum absolute atomic E-state index is 0.0475. The van der Waals surface area contributed by atoms with Crippen LogP contribution in [0.3, 0.4) is 0 Å². The van der Waals surface area contributed by atoms with Gasteiger partial charge in [0.15, 0.2) is 5.78 Å². The Morgan fingerprint density at radius 1 is 1.06 bits per heavy atom. The third-order valence-electron chi connectivity index (χ3n) is 2.99. The van der Waals surface area contributed by atoms with Crippen molar-refractivity contribution in [2.45, 2.75) is 13.3 Å². The highest BCUT2D eigenvalue weighted by atomic mass is 16.5. The maximum absolute atomic E-state index is 12.4. The fraction of sp³-hybridized carbons (Fsp3) is 0.188. The maximum Gasteiger partial charge on any atom is 0.193 e. The van der Waals surface area contributed by atoms with Gasteiger partial charge < -0.3 is 4.74 Å². The molecule has 0 aliphatic carbocycles. The second-order valence-corrected chi connectivity index (χ2v) is 4.04. The van der Waals surface area contributed by atoms with Gasteiger partial charge in [-0.1, -0.05) is 49.4 Å². The highest BCUT2D eigenvalue weighted by Crippen LogP contribution is 2.24. The van der Waals surface area contributed by atoms with Crippen molar-refractivity contribution in [3.05, 3.63) is 65.2 Å². The van der Waals surface area contributed by atoms with Gasteiger partial charge in [0, 0.05) is 16.7 Å². The van der Waals surface area contributed by atoms with E-state index in [4.69, 9.17) is 4.74 Å². The molecule has 92 valence electrons. The summed E-state index contributed by atoms with van der Waals surface area (Å²) in [5.74, 6) is 0.825. The summed E-state index contributed by atoms with van der Waals surface area (Å²) in [6.07, 6.45) is 0.776. The topological polar surface area (TPSA) is 26.3 Å². The van der Waals surface area contributed by atoms with E-state index in [-0.39, 0.29) is 5.78 Å². The van der Waals surface area contributed by atoms with Crippen LogP contribution in [-0.2, 0) is 6.42 Å². The SMILES string of the molecule is CCc1c(OC)cccc1C(=O)c1ccccc1. The largest absolute Gasteiger partial charge is 0.496 e. The lowest BCUT2D eigenvalue weighted by Crippen LogP contribution is -2.06. The molecule has 0 saturated heterocycles. The first kappa shape index (κ1) is 12.4. The van der Waals surface area contributed by atoms with Gasteiger partial charge in [0.1, 0.15) is 5.75 Å². The smallest absolute Gasteiger partial charge is 0.193 e. The number of rotatable bonds is 4. The Kier molecular flexibility index (Phi) is 3.78. The number of benzene rings is 2. The van der Waals surface area contributed by atoms with Crippen LogP contribution < -0.4 is 4.74 Å². The second kappa shape index (κ2) is 5.50. The zero-order valence-electron chi connectivity index (χ0n) is 10.6. The van der Waals surface area contributed by atoms with Gasteiger partial charge in [0.05, 0.1) is 7.11 Å². The Morgan fingerprint density at radius 3 is 2.39 bits per heavy atom. The molecule has 0 atom stereocenters. The maximum atomic E-state index is 12.4. The van der Waals surface area contributed by atoms with Crippen molar-refractivity contribution in [3.63, 3.8) is 0 Å². The molecule has 0 heterocycles. The van der Waals surface area contributed by atoms with E-state index in [9.17, 15) is 4.79 Å². The molecule has 2 heteroatoms. The number of ketones is 1. The van der Waals surface area contributed by atoms with Gasteiger partial charge in [-0.15, -0.1) is 0 Å². The molecule has 2 aromatic rings. The van der Waals surface area contributed by atoms with Gasteiger partial charge in [0.2, 0.25) is 0 Å². The monoisotopic (exact) mass is 240 g/mol. The Bertz CT molecular complexity index is 544. The summed E-state index contributed by atoms with van der Waals surface area (Å²) in [6, 6.07) is 14.9. The molecule has 2 aromatic carbocycles. The van der Waals surface area contributed by atoms with E-state index < -0.39 is 0 Å². The molecule has 0 spiro atoms. The number of carbonyl (C=O) groups excluding carboxylic acids is 1. The van der Waals surface area contributed by atoms with E-state index in [1.54, 1.807) is 7.11 Å². The quantitative estimate of drug-likeness (QED) is 0.765.